The molecule has 0 saturated heterocycles. The fourth-order valence-corrected chi connectivity index (χ4v) is 1.58. The molecule has 2 aromatic rings. The summed E-state index contributed by atoms with van der Waals surface area (Å²) in [6, 6.07) is 13.1. The van der Waals surface area contributed by atoms with Crippen LogP contribution in [-0.2, 0) is 0 Å². The van der Waals surface area contributed by atoms with Crippen LogP contribution in [-0.4, -0.2) is 10.7 Å². The molecule has 108 valence electrons. The number of ether oxygens (including phenoxy) is 1. The lowest BCUT2D eigenvalue weighted by molar-refractivity contribution is 0.118. The van der Waals surface area contributed by atoms with E-state index in [1.54, 1.807) is 25.1 Å². The average Bonchev–Trinajstić information content (AvgIpc) is 2.49. The van der Waals surface area contributed by atoms with Gasteiger partial charge in [-0.15, -0.1) is 0 Å². The van der Waals surface area contributed by atoms with Crippen LogP contribution >= 0.6 is 0 Å². The third kappa shape index (κ3) is 4.34. The van der Waals surface area contributed by atoms with Crippen molar-refractivity contribution in [1.82, 2.24) is 0 Å². The maximum atomic E-state index is 12.9. The summed E-state index contributed by atoms with van der Waals surface area (Å²) >= 11 is 0. The van der Waals surface area contributed by atoms with Gasteiger partial charge in [0, 0.05) is 0 Å². The first-order chi connectivity index (χ1) is 10.00. The van der Waals surface area contributed by atoms with Crippen molar-refractivity contribution in [2.45, 2.75) is 25.9 Å². The fraction of sp³-hybridized carbons (Fsp3) is 0.222. The SMILES string of the molecule is CCC(C)(O)C#Cc1ccccc1Oc1ccc(F)cc1. The largest absolute Gasteiger partial charge is 0.456 e. The Morgan fingerprint density at radius 3 is 2.48 bits per heavy atom. The minimum Gasteiger partial charge on any atom is -0.456 e. The molecule has 0 saturated carbocycles. The Hall–Kier alpha value is -2.31. The van der Waals surface area contributed by atoms with Gasteiger partial charge in [0.05, 0.1) is 5.56 Å². The molecule has 2 nitrogen and oxygen atoms in total. The van der Waals surface area contributed by atoms with Crippen LogP contribution in [0.1, 0.15) is 25.8 Å². The third-order valence-corrected chi connectivity index (χ3v) is 3.08. The minimum atomic E-state index is -1.02. The number of aliphatic hydroxyl groups is 1. The first-order valence-electron chi connectivity index (χ1n) is 6.78. The van der Waals surface area contributed by atoms with Gasteiger partial charge in [-0.25, -0.2) is 4.39 Å². The molecule has 1 N–H and O–H groups in total. The summed E-state index contributed by atoms with van der Waals surface area (Å²) in [5.74, 6) is 6.56. The Balaban J connectivity index is 2.27. The lowest BCUT2D eigenvalue weighted by Crippen LogP contribution is -2.19. The highest BCUT2D eigenvalue weighted by molar-refractivity contribution is 5.48. The summed E-state index contributed by atoms with van der Waals surface area (Å²) in [6.07, 6.45) is 0.543. The number of hydrogen-bond donors (Lipinski definition) is 1. The molecule has 0 spiro atoms. The van der Waals surface area contributed by atoms with Crippen LogP contribution in [0.5, 0.6) is 11.5 Å². The molecule has 1 atom stereocenters. The van der Waals surface area contributed by atoms with Crippen LogP contribution in [0.2, 0.25) is 0 Å². The predicted octanol–water partition coefficient (Wildman–Crippen LogP) is 4.13. The lowest BCUT2D eigenvalue weighted by Gasteiger charge is -2.12. The second kappa shape index (κ2) is 6.43. The van der Waals surface area contributed by atoms with Crippen molar-refractivity contribution in [3.05, 3.63) is 59.9 Å². The van der Waals surface area contributed by atoms with Crippen molar-refractivity contribution in [3.8, 4) is 23.3 Å². The zero-order chi connectivity index (χ0) is 15.3. The molecule has 0 aliphatic heterocycles. The van der Waals surface area contributed by atoms with E-state index < -0.39 is 5.60 Å². The van der Waals surface area contributed by atoms with Gasteiger partial charge in [0.15, 0.2) is 0 Å². The molecule has 2 aromatic carbocycles. The normalized spacial score (nSPS) is 13.0. The molecule has 0 fully saturated rings. The maximum Gasteiger partial charge on any atom is 0.143 e. The highest BCUT2D eigenvalue weighted by Gasteiger charge is 2.12. The molecule has 0 amide bonds. The topological polar surface area (TPSA) is 29.5 Å². The van der Waals surface area contributed by atoms with Gasteiger partial charge in [-0.05, 0) is 49.7 Å². The summed E-state index contributed by atoms with van der Waals surface area (Å²) in [4.78, 5) is 0. The number of hydrogen-bond acceptors (Lipinski definition) is 2. The Morgan fingerprint density at radius 2 is 1.81 bits per heavy atom. The summed E-state index contributed by atoms with van der Waals surface area (Å²) in [5, 5.41) is 9.94. The Labute approximate surface area is 124 Å². The van der Waals surface area contributed by atoms with Gasteiger partial charge in [-0.3, -0.25) is 0 Å². The van der Waals surface area contributed by atoms with Gasteiger partial charge in [0.1, 0.15) is 22.9 Å². The average molecular weight is 284 g/mol. The van der Waals surface area contributed by atoms with E-state index in [4.69, 9.17) is 4.74 Å². The van der Waals surface area contributed by atoms with Crippen LogP contribution in [0.15, 0.2) is 48.5 Å². The molecule has 0 aromatic heterocycles. The highest BCUT2D eigenvalue weighted by Crippen LogP contribution is 2.25. The van der Waals surface area contributed by atoms with Crippen LogP contribution in [0.4, 0.5) is 4.39 Å². The number of rotatable bonds is 3. The van der Waals surface area contributed by atoms with Gasteiger partial charge in [-0.2, -0.15) is 0 Å². The van der Waals surface area contributed by atoms with Gasteiger partial charge >= 0.3 is 0 Å². The Kier molecular flexibility index (Phi) is 4.62. The molecular weight excluding hydrogens is 267 g/mol. The van der Waals surface area contributed by atoms with Crippen LogP contribution in [0.25, 0.3) is 0 Å². The summed E-state index contributed by atoms with van der Waals surface area (Å²) in [5.41, 5.74) is -0.348. The molecule has 21 heavy (non-hydrogen) atoms. The summed E-state index contributed by atoms with van der Waals surface area (Å²) in [6.45, 7) is 3.54. The van der Waals surface area contributed by atoms with E-state index in [2.05, 4.69) is 11.8 Å². The van der Waals surface area contributed by atoms with E-state index in [9.17, 15) is 9.50 Å². The highest BCUT2D eigenvalue weighted by atomic mass is 19.1. The maximum absolute atomic E-state index is 12.9. The smallest absolute Gasteiger partial charge is 0.143 e. The van der Waals surface area contributed by atoms with Crippen molar-refractivity contribution >= 4 is 0 Å². The fourth-order valence-electron chi connectivity index (χ4n) is 1.58. The second-order valence-corrected chi connectivity index (χ2v) is 4.93. The van der Waals surface area contributed by atoms with E-state index in [0.717, 1.165) is 0 Å². The molecule has 3 heteroatoms. The number of para-hydroxylation sites is 1. The second-order valence-electron chi connectivity index (χ2n) is 4.93. The summed E-state index contributed by atoms with van der Waals surface area (Å²) in [7, 11) is 0. The van der Waals surface area contributed by atoms with Crippen molar-refractivity contribution in [1.29, 1.82) is 0 Å². The van der Waals surface area contributed by atoms with Crippen LogP contribution < -0.4 is 4.74 Å². The van der Waals surface area contributed by atoms with Gasteiger partial charge in [0.25, 0.3) is 0 Å². The molecule has 0 radical (unpaired) electrons. The van der Waals surface area contributed by atoms with E-state index in [1.807, 2.05) is 25.1 Å². The Bertz CT molecular complexity index is 664. The Morgan fingerprint density at radius 1 is 1.14 bits per heavy atom. The standard InChI is InChI=1S/C18H17FO2/c1-3-18(2,20)13-12-14-6-4-5-7-17(14)21-16-10-8-15(19)9-11-16/h4-11,20H,3H2,1-2H3. The van der Waals surface area contributed by atoms with Crippen molar-refractivity contribution in [3.63, 3.8) is 0 Å². The molecule has 2 rings (SSSR count). The monoisotopic (exact) mass is 284 g/mol. The minimum absolute atomic E-state index is 0.311. The molecule has 1 unspecified atom stereocenters. The van der Waals surface area contributed by atoms with E-state index in [1.165, 1.54) is 12.1 Å². The van der Waals surface area contributed by atoms with E-state index in [-0.39, 0.29) is 5.82 Å². The molecule has 0 heterocycles. The predicted molar refractivity (Wildman–Crippen MR) is 80.7 cm³/mol. The zero-order valence-electron chi connectivity index (χ0n) is 12.1. The van der Waals surface area contributed by atoms with Crippen molar-refractivity contribution in [2.24, 2.45) is 0 Å². The quantitative estimate of drug-likeness (QED) is 0.859. The van der Waals surface area contributed by atoms with Crippen molar-refractivity contribution < 1.29 is 14.2 Å². The molecule has 0 aliphatic rings. The van der Waals surface area contributed by atoms with Gasteiger partial charge in [0.2, 0.25) is 0 Å². The molecule has 0 bridgehead atoms. The zero-order valence-corrected chi connectivity index (χ0v) is 12.1. The third-order valence-electron chi connectivity index (χ3n) is 3.08. The lowest BCUT2D eigenvalue weighted by atomic mass is 10.0. The van der Waals surface area contributed by atoms with Gasteiger partial charge < -0.3 is 9.84 Å². The first-order valence-corrected chi connectivity index (χ1v) is 6.78. The number of halogens is 1. The molecule has 0 aliphatic carbocycles. The van der Waals surface area contributed by atoms with Gasteiger partial charge in [-0.1, -0.05) is 30.9 Å². The molecular formula is C18H17FO2. The summed E-state index contributed by atoms with van der Waals surface area (Å²) < 4.78 is 18.6. The number of benzene rings is 2. The van der Waals surface area contributed by atoms with E-state index in [0.29, 0.717) is 23.5 Å². The van der Waals surface area contributed by atoms with Crippen molar-refractivity contribution in [2.75, 3.05) is 0 Å². The van der Waals surface area contributed by atoms with Crippen LogP contribution in [0, 0.1) is 17.7 Å². The van der Waals surface area contributed by atoms with Crippen LogP contribution in [0.3, 0.4) is 0 Å². The van der Waals surface area contributed by atoms with E-state index >= 15 is 0 Å². The first kappa shape index (κ1) is 15.1.